The lowest BCUT2D eigenvalue weighted by Gasteiger charge is -2.28. The summed E-state index contributed by atoms with van der Waals surface area (Å²) in [5.41, 5.74) is 0.527. The fourth-order valence-corrected chi connectivity index (χ4v) is 3.09. The Morgan fingerprint density at radius 1 is 1.23 bits per heavy atom. The SMILES string of the molecule is N#C/C(=C/c1ccc(N2CCOCC2)c([N+](=O)[O-])c1)C(=O)Nc1cccc(C(=O)O)c1. The highest BCUT2D eigenvalue weighted by atomic mass is 16.6. The minimum atomic E-state index is -1.15. The number of anilines is 2. The van der Waals surface area contributed by atoms with Crippen LogP contribution in [-0.2, 0) is 9.53 Å². The van der Waals surface area contributed by atoms with Gasteiger partial charge in [0.2, 0.25) is 0 Å². The van der Waals surface area contributed by atoms with E-state index in [2.05, 4.69) is 5.32 Å². The van der Waals surface area contributed by atoms with Gasteiger partial charge in [-0.3, -0.25) is 14.9 Å². The molecular weight excluding hydrogens is 404 g/mol. The summed E-state index contributed by atoms with van der Waals surface area (Å²) in [7, 11) is 0. The van der Waals surface area contributed by atoms with Gasteiger partial charge in [0.05, 0.1) is 23.7 Å². The summed E-state index contributed by atoms with van der Waals surface area (Å²) in [6.07, 6.45) is 1.24. The van der Waals surface area contributed by atoms with Crippen molar-refractivity contribution in [3.8, 4) is 6.07 Å². The lowest BCUT2D eigenvalue weighted by atomic mass is 10.1. The van der Waals surface area contributed by atoms with Crippen molar-refractivity contribution in [3.63, 3.8) is 0 Å². The first-order chi connectivity index (χ1) is 14.9. The molecule has 1 amide bonds. The number of nitro benzene ring substituents is 1. The number of nitrogens with zero attached hydrogens (tertiary/aromatic N) is 3. The summed E-state index contributed by atoms with van der Waals surface area (Å²) in [5.74, 6) is -1.91. The summed E-state index contributed by atoms with van der Waals surface area (Å²) >= 11 is 0. The van der Waals surface area contributed by atoms with Crippen LogP contribution in [-0.4, -0.2) is 48.2 Å². The quantitative estimate of drug-likeness (QED) is 0.313. The third kappa shape index (κ3) is 5.23. The molecule has 1 heterocycles. The minimum absolute atomic E-state index is 0.0189. The molecule has 0 spiro atoms. The van der Waals surface area contributed by atoms with Crippen molar-refractivity contribution in [1.29, 1.82) is 5.26 Å². The van der Waals surface area contributed by atoms with Crippen LogP contribution in [0.3, 0.4) is 0 Å². The number of nitriles is 1. The number of carbonyl (C=O) groups is 2. The lowest BCUT2D eigenvalue weighted by Crippen LogP contribution is -2.36. The Bertz CT molecular complexity index is 1100. The van der Waals surface area contributed by atoms with Crippen molar-refractivity contribution in [3.05, 3.63) is 69.3 Å². The van der Waals surface area contributed by atoms with Gasteiger partial charge in [0.15, 0.2) is 0 Å². The summed E-state index contributed by atoms with van der Waals surface area (Å²) in [6.45, 7) is 2.00. The summed E-state index contributed by atoms with van der Waals surface area (Å²) < 4.78 is 5.27. The number of nitro groups is 1. The Labute approximate surface area is 177 Å². The number of carboxylic acids is 1. The van der Waals surface area contributed by atoms with E-state index in [1.807, 2.05) is 4.90 Å². The highest BCUT2D eigenvalue weighted by Gasteiger charge is 2.22. The van der Waals surface area contributed by atoms with Gasteiger partial charge in [-0.2, -0.15) is 5.26 Å². The van der Waals surface area contributed by atoms with Gasteiger partial charge in [-0.05, 0) is 35.9 Å². The maximum atomic E-state index is 12.5. The highest BCUT2D eigenvalue weighted by Crippen LogP contribution is 2.30. The Morgan fingerprint density at radius 3 is 2.61 bits per heavy atom. The molecule has 158 valence electrons. The number of benzene rings is 2. The molecule has 31 heavy (non-hydrogen) atoms. The lowest BCUT2D eigenvalue weighted by molar-refractivity contribution is -0.384. The average molecular weight is 422 g/mol. The van der Waals surface area contributed by atoms with E-state index in [0.29, 0.717) is 37.6 Å². The molecule has 0 saturated carbocycles. The van der Waals surface area contributed by atoms with Gasteiger partial charge in [0.25, 0.3) is 11.6 Å². The third-order valence-electron chi connectivity index (χ3n) is 4.59. The maximum absolute atomic E-state index is 12.5. The second-order valence-corrected chi connectivity index (χ2v) is 6.61. The van der Waals surface area contributed by atoms with Gasteiger partial charge in [0, 0.05) is 24.8 Å². The maximum Gasteiger partial charge on any atom is 0.335 e. The molecule has 1 aliphatic rings. The molecule has 10 nitrogen and oxygen atoms in total. The Morgan fingerprint density at radius 2 is 1.97 bits per heavy atom. The van der Waals surface area contributed by atoms with Crippen LogP contribution in [0.5, 0.6) is 0 Å². The standard InChI is InChI=1S/C21H18N4O6/c22-13-16(20(26)23-17-3-1-2-15(12-17)21(27)28)10-14-4-5-18(19(11-14)25(29)30)24-6-8-31-9-7-24/h1-5,10-12H,6-9H2,(H,23,26)(H,27,28)/b16-10-. The number of amides is 1. The molecule has 0 unspecified atom stereocenters. The molecule has 3 rings (SSSR count). The van der Waals surface area contributed by atoms with E-state index in [1.54, 1.807) is 18.2 Å². The first-order valence-electron chi connectivity index (χ1n) is 9.26. The third-order valence-corrected chi connectivity index (χ3v) is 4.59. The average Bonchev–Trinajstić information content (AvgIpc) is 2.78. The van der Waals surface area contributed by atoms with Crippen LogP contribution in [0.2, 0.25) is 0 Å². The van der Waals surface area contributed by atoms with Crippen LogP contribution in [0, 0.1) is 21.4 Å². The van der Waals surface area contributed by atoms with Crippen molar-refractivity contribution >= 4 is 35.0 Å². The van der Waals surface area contributed by atoms with Gasteiger partial charge >= 0.3 is 5.97 Å². The first kappa shape index (κ1) is 21.5. The number of carboxylic acid groups (broad SMARTS) is 1. The van der Waals surface area contributed by atoms with E-state index in [4.69, 9.17) is 9.84 Å². The van der Waals surface area contributed by atoms with Crippen molar-refractivity contribution in [2.75, 3.05) is 36.5 Å². The van der Waals surface area contributed by atoms with Crippen LogP contribution < -0.4 is 10.2 Å². The van der Waals surface area contributed by atoms with Crippen LogP contribution >= 0.6 is 0 Å². The van der Waals surface area contributed by atoms with E-state index < -0.39 is 16.8 Å². The Balaban J connectivity index is 1.86. The van der Waals surface area contributed by atoms with Gasteiger partial charge in [0.1, 0.15) is 17.3 Å². The zero-order valence-corrected chi connectivity index (χ0v) is 16.3. The molecule has 2 aromatic rings. The minimum Gasteiger partial charge on any atom is -0.478 e. The van der Waals surface area contributed by atoms with Crippen molar-refractivity contribution in [2.45, 2.75) is 0 Å². The molecule has 10 heteroatoms. The predicted octanol–water partition coefficient (Wildman–Crippen LogP) is 2.68. The van der Waals surface area contributed by atoms with Crippen LogP contribution in [0.4, 0.5) is 17.1 Å². The highest BCUT2D eigenvalue weighted by molar-refractivity contribution is 6.10. The number of aromatic carboxylic acids is 1. The molecule has 0 radical (unpaired) electrons. The monoisotopic (exact) mass is 422 g/mol. The van der Waals surface area contributed by atoms with Crippen molar-refractivity contribution in [2.24, 2.45) is 0 Å². The number of hydrogen-bond donors (Lipinski definition) is 2. The summed E-state index contributed by atoms with van der Waals surface area (Å²) in [4.78, 5) is 36.4. The van der Waals surface area contributed by atoms with Gasteiger partial charge in [-0.25, -0.2) is 4.79 Å². The van der Waals surface area contributed by atoms with Crippen molar-refractivity contribution in [1.82, 2.24) is 0 Å². The van der Waals surface area contributed by atoms with E-state index in [0.717, 1.165) is 0 Å². The van der Waals surface area contributed by atoms with E-state index in [9.17, 15) is 25.0 Å². The number of nitrogens with one attached hydrogen (secondary N) is 1. The normalized spacial score (nSPS) is 13.9. The number of morpholine rings is 1. The van der Waals surface area contributed by atoms with Gasteiger partial charge in [-0.1, -0.05) is 12.1 Å². The second kappa shape index (κ2) is 9.51. The topological polar surface area (TPSA) is 146 Å². The number of ether oxygens (including phenoxy) is 1. The van der Waals surface area contributed by atoms with Crippen molar-refractivity contribution < 1.29 is 24.4 Å². The van der Waals surface area contributed by atoms with E-state index in [1.165, 1.54) is 36.4 Å². The molecule has 2 aromatic carbocycles. The second-order valence-electron chi connectivity index (χ2n) is 6.61. The molecule has 0 atom stereocenters. The molecule has 1 fully saturated rings. The van der Waals surface area contributed by atoms with Crippen LogP contribution in [0.25, 0.3) is 6.08 Å². The Kier molecular flexibility index (Phi) is 6.59. The van der Waals surface area contributed by atoms with E-state index >= 15 is 0 Å². The number of rotatable bonds is 6. The molecule has 0 bridgehead atoms. The largest absolute Gasteiger partial charge is 0.478 e. The fraction of sp³-hybridized carbons (Fsp3) is 0.190. The zero-order valence-electron chi connectivity index (χ0n) is 16.3. The van der Waals surface area contributed by atoms with Crippen LogP contribution in [0.15, 0.2) is 48.0 Å². The van der Waals surface area contributed by atoms with Gasteiger partial charge < -0.3 is 20.1 Å². The van der Waals surface area contributed by atoms with Gasteiger partial charge in [-0.15, -0.1) is 0 Å². The predicted molar refractivity (Wildman–Crippen MR) is 112 cm³/mol. The molecule has 1 saturated heterocycles. The molecule has 2 N–H and O–H groups in total. The smallest absolute Gasteiger partial charge is 0.335 e. The number of carbonyl (C=O) groups excluding carboxylic acids is 1. The zero-order chi connectivity index (χ0) is 22.4. The Hall–Kier alpha value is -4.23. The molecule has 1 aliphatic heterocycles. The fourth-order valence-electron chi connectivity index (χ4n) is 3.09. The number of hydrogen-bond acceptors (Lipinski definition) is 7. The molecule has 0 aromatic heterocycles. The summed E-state index contributed by atoms with van der Waals surface area (Å²) in [5, 5.41) is 32.5. The first-order valence-corrected chi connectivity index (χ1v) is 9.26. The van der Waals surface area contributed by atoms with Crippen LogP contribution in [0.1, 0.15) is 15.9 Å². The molecular formula is C21H18N4O6. The molecule has 0 aliphatic carbocycles. The van der Waals surface area contributed by atoms with E-state index in [-0.39, 0.29) is 22.5 Å². The summed E-state index contributed by atoms with van der Waals surface area (Å²) in [6, 6.07) is 11.8.